The number of hydrogen-bond acceptors (Lipinski definition) is 7. The lowest BCUT2D eigenvalue weighted by Gasteiger charge is -2.39. The second-order valence-corrected chi connectivity index (χ2v) is 8.59. The number of nitro groups is 1. The maximum atomic E-state index is 12.9. The maximum Gasteiger partial charge on any atom is 0.269 e. The van der Waals surface area contributed by atoms with Crippen molar-refractivity contribution in [1.29, 1.82) is 0 Å². The van der Waals surface area contributed by atoms with Gasteiger partial charge < -0.3 is 14.6 Å². The lowest BCUT2D eigenvalue weighted by atomic mass is 9.83. The number of rotatable bonds is 5. The van der Waals surface area contributed by atoms with Gasteiger partial charge in [0.15, 0.2) is 6.29 Å². The highest BCUT2D eigenvalue weighted by atomic mass is 32.2. The normalized spacial score (nSPS) is 27.7. The lowest BCUT2D eigenvalue weighted by Crippen LogP contribution is -2.49. The smallest absolute Gasteiger partial charge is 0.269 e. The van der Waals surface area contributed by atoms with E-state index in [4.69, 9.17) is 9.47 Å². The monoisotopic (exact) mass is 386 g/mol. The number of non-ortho nitro benzene ring substituents is 1. The highest BCUT2D eigenvalue weighted by Gasteiger charge is 2.41. The van der Waals surface area contributed by atoms with Gasteiger partial charge in [0.05, 0.1) is 35.2 Å². The molecule has 0 amide bonds. The molecule has 0 spiro atoms. The number of hydrogen-bond donors (Lipinski definition) is 1. The van der Waals surface area contributed by atoms with Crippen LogP contribution in [0, 0.1) is 16.0 Å². The average Bonchev–Trinajstić information content (AvgIpc) is 3.16. The number of nitrogens with zero attached hydrogens (tertiary/aromatic N) is 2. The summed E-state index contributed by atoms with van der Waals surface area (Å²) in [6, 6.07) is 4.11. The minimum Gasteiger partial charge on any atom is -0.391 e. The van der Waals surface area contributed by atoms with E-state index in [-0.39, 0.29) is 22.8 Å². The van der Waals surface area contributed by atoms with Crippen LogP contribution in [0.4, 0.5) is 5.69 Å². The fourth-order valence-corrected chi connectivity index (χ4v) is 4.93. The molecule has 144 valence electrons. The number of likely N-dealkylation sites (N-methyl/N-ethyl adjacent to an activating group) is 1. The van der Waals surface area contributed by atoms with Gasteiger partial charge in [-0.25, -0.2) is 8.42 Å². The summed E-state index contributed by atoms with van der Waals surface area (Å²) < 4.78 is 37.9. The Kier molecular flexibility index (Phi) is 5.58. The summed E-state index contributed by atoms with van der Waals surface area (Å²) in [5.74, 6) is 0.0143. The third kappa shape index (κ3) is 3.74. The van der Waals surface area contributed by atoms with Crippen molar-refractivity contribution >= 4 is 15.7 Å². The molecule has 1 aromatic rings. The minimum atomic E-state index is -3.89. The molecule has 9 nitrogen and oxygen atoms in total. The van der Waals surface area contributed by atoms with Gasteiger partial charge in [-0.15, -0.1) is 0 Å². The number of aliphatic hydroxyl groups is 1. The van der Waals surface area contributed by atoms with Gasteiger partial charge >= 0.3 is 0 Å². The number of ether oxygens (including phenoxy) is 2. The molecule has 1 aliphatic carbocycles. The Balaban J connectivity index is 1.78. The van der Waals surface area contributed by atoms with E-state index in [2.05, 4.69) is 0 Å². The third-order valence-electron chi connectivity index (χ3n) is 5.05. The van der Waals surface area contributed by atoms with Crippen molar-refractivity contribution in [3.63, 3.8) is 0 Å². The van der Waals surface area contributed by atoms with Crippen LogP contribution in [0.2, 0.25) is 0 Å². The van der Waals surface area contributed by atoms with Gasteiger partial charge in [0, 0.05) is 25.1 Å². The Morgan fingerprint density at radius 2 is 1.81 bits per heavy atom. The summed E-state index contributed by atoms with van der Waals surface area (Å²) in [4.78, 5) is 10.1. The van der Waals surface area contributed by atoms with Crippen molar-refractivity contribution in [2.75, 3.05) is 20.3 Å². The number of aliphatic hydroxyl groups excluding tert-OH is 1. The Hall–Kier alpha value is -1.59. The number of benzene rings is 1. The molecule has 0 bridgehead atoms. The molecule has 2 aliphatic rings. The Morgan fingerprint density at radius 3 is 2.38 bits per heavy atom. The average molecular weight is 386 g/mol. The van der Waals surface area contributed by atoms with Gasteiger partial charge in [-0.1, -0.05) is 0 Å². The second kappa shape index (κ2) is 7.57. The van der Waals surface area contributed by atoms with E-state index in [1.807, 2.05) is 0 Å². The molecule has 1 saturated carbocycles. The van der Waals surface area contributed by atoms with E-state index in [0.717, 1.165) is 16.4 Å². The highest BCUT2D eigenvalue weighted by molar-refractivity contribution is 7.89. The summed E-state index contributed by atoms with van der Waals surface area (Å²) in [6.07, 6.45) is 0.437. The molecule has 3 rings (SSSR count). The predicted molar refractivity (Wildman–Crippen MR) is 90.9 cm³/mol. The fraction of sp³-hybridized carbons (Fsp3) is 0.625. The van der Waals surface area contributed by atoms with Crippen LogP contribution in [-0.2, 0) is 19.5 Å². The summed E-state index contributed by atoms with van der Waals surface area (Å²) in [5, 5.41) is 21.1. The van der Waals surface area contributed by atoms with Crippen LogP contribution in [0.1, 0.15) is 19.3 Å². The molecule has 3 atom stereocenters. The van der Waals surface area contributed by atoms with Crippen LogP contribution in [0.3, 0.4) is 0 Å². The zero-order valence-corrected chi connectivity index (χ0v) is 15.2. The van der Waals surface area contributed by atoms with Crippen molar-refractivity contribution in [2.24, 2.45) is 5.92 Å². The Morgan fingerprint density at radius 1 is 1.19 bits per heavy atom. The quantitative estimate of drug-likeness (QED) is 0.595. The van der Waals surface area contributed by atoms with Crippen LogP contribution in [-0.4, -0.2) is 61.5 Å². The summed E-state index contributed by atoms with van der Waals surface area (Å²) >= 11 is 0. The van der Waals surface area contributed by atoms with Crippen LogP contribution < -0.4 is 0 Å². The first kappa shape index (κ1) is 19.2. The van der Waals surface area contributed by atoms with Crippen molar-refractivity contribution in [1.82, 2.24) is 4.31 Å². The molecule has 2 fully saturated rings. The second-order valence-electron chi connectivity index (χ2n) is 6.59. The van der Waals surface area contributed by atoms with Crippen molar-refractivity contribution in [2.45, 2.75) is 42.6 Å². The summed E-state index contributed by atoms with van der Waals surface area (Å²) in [7, 11) is -2.47. The number of sulfonamides is 1. The van der Waals surface area contributed by atoms with Crippen LogP contribution in [0.25, 0.3) is 0 Å². The summed E-state index contributed by atoms with van der Waals surface area (Å²) in [5.41, 5.74) is -0.181. The maximum absolute atomic E-state index is 12.9. The van der Waals surface area contributed by atoms with Gasteiger partial charge in [0.1, 0.15) is 0 Å². The first-order chi connectivity index (χ1) is 12.3. The molecule has 10 heteroatoms. The molecular formula is C16H22N2O7S. The topological polar surface area (TPSA) is 119 Å². The van der Waals surface area contributed by atoms with Gasteiger partial charge in [-0.3, -0.25) is 10.1 Å². The first-order valence-electron chi connectivity index (χ1n) is 8.44. The molecule has 1 N–H and O–H groups in total. The highest BCUT2D eigenvalue weighted by Crippen LogP contribution is 2.34. The van der Waals surface area contributed by atoms with Gasteiger partial charge in [0.25, 0.3) is 5.69 Å². The molecule has 1 aromatic carbocycles. The zero-order chi connectivity index (χ0) is 18.9. The zero-order valence-electron chi connectivity index (χ0n) is 14.4. The van der Waals surface area contributed by atoms with Crippen molar-refractivity contribution in [3.05, 3.63) is 34.4 Å². The lowest BCUT2D eigenvalue weighted by molar-refractivity contribution is -0.384. The van der Waals surface area contributed by atoms with E-state index >= 15 is 0 Å². The van der Waals surface area contributed by atoms with Crippen molar-refractivity contribution < 1.29 is 27.9 Å². The molecular weight excluding hydrogens is 364 g/mol. The van der Waals surface area contributed by atoms with Crippen LogP contribution in [0.5, 0.6) is 0 Å². The molecule has 0 unspecified atom stereocenters. The molecule has 1 saturated heterocycles. The largest absolute Gasteiger partial charge is 0.391 e. The molecule has 0 aromatic heterocycles. The fourth-order valence-electron chi connectivity index (χ4n) is 3.53. The van der Waals surface area contributed by atoms with Crippen LogP contribution in [0.15, 0.2) is 29.2 Å². The SMILES string of the molecule is CN([C@@H]1C[C@@H](C2OCCO2)CC[C@@H]1O)S(=O)(=O)c1ccc([N+](=O)[O-])cc1. The van der Waals surface area contributed by atoms with Gasteiger partial charge in [-0.05, 0) is 31.4 Å². The van der Waals surface area contributed by atoms with E-state index in [9.17, 15) is 23.6 Å². The van der Waals surface area contributed by atoms with Gasteiger partial charge in [-0.2, -0.15) is 4.31 Å². The summed E-state index contributed by atoms with van der Waals surface area (Å²) in [6.45, 7) is 1.04. The minimum absolute atomic E-state index is 0.0143. The van der Waals surface area contributed by atoms with Crippen LogP contribution >= 0.6 is 0 Å². The molecule has 1 heterocycles. The van der Waals surface area contributed by atoms with E-state index in [1.54, 1.807) is 0 Å². The van der Waals surface area contributed by atoms with E-state index in [0.29, 0.717) is 32.5 Å². The standard InChI is InChI=1S/C16H22N2O7S/c1-17(26(22,23)13-5-3-12(4-6-13)18(20)21)14-10-11(2-7-15(14)19)16-24-8-9-25-16/h3-6,11,14-16,19H,2,7-10H2,1H3/t11-,14+,15-/m0/s1. The molecule has 0 radical (unpaired) electrons. The van der Waals surface area contributed by atoms with Gasteiger partial charge in [0.2, 0.25) is 10.0 Å². The van der Waals surface area contributed by atoms with Crippen molar-refractivity contribution in [3.8, 4) is 0 Å². The molecule has 1 aliphatic heterocycles. The molecule has 26 heavy (non-hydrogen) atoms. The Labute approximate surface area is 151 Å². The number of nitro benzene ring substituents is 1. The predicted octanol–water partition coefficient (Wildman–Crippen LogP) is 1.12. The van der Waals surface area contributed by atoms with E-state index < -0.39 is 27.1 Å². The Bertz CT molecular complexity index is 746. The third-order valence-corrected chi connectivity index (χ3v) is 6.94. The van der Waals surface area contributed by atoms with E-state index in [1.165, 1.54) is 19.2 Å². The first-order valence-corrected chi connectivity index (χ1v) is 9.88.